The van der Waals surface area contributed by atoms with Crippen molar-refractivity contribution < 1.29 is 13.3 Å². The molecule has 0 bridgehead atoms. The van der Waals surface area contributed by atoms with Crippen molar-refractivity contribution in [2.24, 2.45) is 0 Å². The molecule has 0 radical (unpaired) electrons. The van der Waals surface area contributed by atoms with Crippen molar-refractivity contribution in [1.29, 1.82) is 0 Å². The third kappa shape index (κ3) is 3.31. The van der Waals surface area contributed by atoms with Gasteiger partial charge in [-0.2, -0.15) is 0 Å². The Balaban J connectivity index is 2.43. The first-order valence-corrected chi connectivity index (χ1v) is 8.19. The molecule has 1 N–H and O–H groups in total. The Bertz CT molecular complexity index is 755. The molecule has 0 saturated carbocycles. The molecule has 7 nitrogen and oxygen atoms in total. The highest BCUT2D eigenvalue weighted by Gasteiger charge is 2.22. The summed E-state index contributed by atoms with van der Waals surface area (Å²) in [6.45, 7) is 0. The van der Waals surface area contributed by atoms with Crippen LogP contribution < -0.4 is 9.62 Å². The maximum absolute atomic E-state index is 12.1. The number of nitro benzene ring substituents is 1. The second kappa shape index (κ2) is 5.70. The van der Waals surface area contributed by atoms with Gasteiger partial charge in [0.15, 0.2) is 0 Å². The molecule has 0 spiro atoms. The van der Waals surface area contributed by atoms with Gasteiger partial charge < -0.3 is 4.90 Å². The van der Waals surface area contributed by atoms with Crippen molar-refractivity contribution in [3.05, 3.63) is 45.8 Å². The van der Waals surface area contributed by atoms with E-state index in [9.17, 15) is 18.5 Å². The van der Waals surface area contributed by atoms with Gasteiger partial charge in [-0.1, -0.05) is 6.07 Å². The van der Waals surface area contributed by atoms with Crippen LogP contribution in [0.5, 0.6) is 0 Å². The first-order valence-electron chi connectivity index (χ1n) is 5.83. The third-order valence-corrected chi connectivity index (χ3v) is 5.46. The van der Waals surface area contributed by atoms with Crippen LogP contribution in [0.15, 0.2) is 39.9 Å². The SMILES string of the molecule is CN(C)c1ccc(NS(=O)(=O)c2cccs2)c([N+](=O)[O-])c1. The van der Waals surface area contributed by atoms with Crippen LogP contribution in [0.1, 0.15) is 0 Å². The minimum absolute atomic E-state index is 0.0565. The van der Waals surface area contributed by atoms with Crippen molar-refractivity contribution >= 4 is 38.4 Å². The van der Waals surface area contributed by atoms with Crippen LogP contribution in [0.4, 0.5) is 17.1 Å². The zero-order valence-electron chi connectivity index (χ0n) is 11.3. The number of nitrogens with one attached hydrogen (secondary N) is 1. The molecule has 112 valence electrons. The Morgan fingerprint density at radius 3 is 2.52 bits per heavy atom. The summed E-state index contributed by atoms with van der Waals surface area (Å²) in [5.41, 5.74) is 0.265. The van der Waals surface area contributed by atoms with Crippen molar-refractivity contribution in [2.75, 3.05) is 23.7 Å². The van der Waals surface area contributed by atoms with Gasteiger partial charge >= 0.3 is 0 Å². The van der Waals surface area contributed by atoms with Crippen molar-refractivity contribution in [1.82, 2.24) is 0 Å². The summed E-state index contributed by atoms with van der Waals surface area (Å²) in [6, 6.07) is 7.36. The minimum Gasteiger partial charge on any atom is -0.377 e. The van der Waals surface area contributed by atoms with Crippen LogP contribution in [0.25, 0.3) is 0 Å². The minimum atomic E-state index is -3.81. The van der Waals surface area contributed by atoms with Gasteiger partial charge in [0.25, 0.3) is 15.7 Å². The molecule has 1 aromatic carbocycles. The first-order chi connectivity index (χ1) is 9.81. The van der Waals surface area contributed by atoms with Gasteiger partial charge in [-0.3, -0.25) is 14.8 Å². The Kier molecular flexibility index (Phi) is 4.14. The van der Waals surface area contributed by atoms with E-state index >= 15 is 0 Å². The number of hydrogen-bond donors (Lipinski definition) is 1. The summed E-state index contributed by atoms with van der Waals surface area (Å²) >= 11 is 1.04. The Morgan fingerprint density at radius 2 is 2.00 bits per heavy atom. The summed E-state index contributed by atoms with van der Waals surface area (Å²) in [6.07, 6.45) is 0. The Hall–Kier alpha value is -2.13. The van der Waals surface area contributed by atoms with Crippen molar-refractivity contribution in [2.45, 2.75) is 4.21 Å². The summed E-state index contributed by atoms with van der Waals surface area (Å²) in [4.78, 5) is 12.2. The van der Waals surface area contributed by atoms with E-state index in [0.717, 1.165) is 11.3 Å². The maximum Gasteiger partial charge on any atom is 0.295 e. The molecule has 0 amide bonds. The molecule has 2 aromatic rings. The van der Waals surface area contributed by atoms with Crippen molar-refractivity contribution in [3.63, 3.8) is 0 Å². The van der Waals surface area contributed by atoms with Crippen LogP contribution in [0.2, 0.25) is 0 Å². The van der Waals surface area contributed by atoms with Crippen LogP contribution in [-0.4, -0.2) is 27.4 Å². The second-order valence-corrected chi connectivity index (χ2v) is 7.25. The molecule has 2 rings (SSSR count). The monoisotopic (exact) mass is 327 g/mol. The number of hydrogen-bond acceptors (Lipinski definition) is 6. The van der Waals surface area contributed by atoms with E-state index < -0.39 is 14.9 Å². The number of rotatable bonds is 5. The number of thiophene rings is 1. The molecule has 0 atom stereocenters. The van der Waals surface area contributed by atoms with E-state index in [4.69, 9.17) is 0 Å². The zero-order chi connectivity index (χ0) is 15.6. The summed E-state index contributed by atoms with van der Waals surface area (Å²) in [5.74, 6) is 0. The third-order valence-electron chi connectivity index (χ3n) is 2.70. The highest BCUT2D eigenvalue weighted by Crippen LogP contribution is 2.31. The fourth-order valence-electron chi connectivity index (χ4n) is 1.65. The lowest BCUT2D eigenvalue weighted by Crippen LogP contribution is -2.14. The molecule has 1 aromatic heterocycles. The molecule has 0 aliphatic heterocycles. The average Bonchev–Trinajstić information content (AvgIpc) is 2.92. The number of nitro groups is 1. The highest BCUT2D eigenvalue weighted by molar-refractivity contribution is 7.94. The standard InChI is InChI=1S/C12H13N3O4S2/c1-14(2)9-5-6-10(11(8-9)15(16)17)13-21(18,19)12-4-3-7-20-12/h3-8,13H,1-2H3. The van der Waals surface area contributed by atoms with Gasteiger partial charge in [-0.15, -0.1) is 11.3 Å². The predicted molar refractivity (Wildman–Crippen MR) is 82.6 cm³/mol. The topological polar surface area (TPSA) is 92.6 Å². The average molecular weight is 327 g/mol. The number of anilines is 2. The molecular weight excluding hydrogens is 314 g/mol. The lowest BCUT2D eigenvalue weighted by Gasteiger charge is -2.13. The van der Waals surface area contributed by atoms with Gasteiger partial charge in [-0.25, -0.2) is 8.42 Å². The van der Waals surface area contributed by atoms with Crippen molar-refractivity contribution in [3.8, 4) is 0 Å². The van der Waals surface area contributed by atoms with E-state index in [2.05, 4.69) is 4.72 Å². The van der Waals surface area contributed by atoms with Crippen LogP contribution in [0, 0.1) is 10.1 Å². The molecule has 0 fully saturated rings. The fourth-order valence-corrected chi connectivity index (χ4v) is 3.71. The van der Waals surface area contributed by atoms with Crippen LogP contribution in [-0.2, 0) is 10.0 Å². The number of benzene rings is 1. The first kappa shape index (κ1) is 15.3. The van der Waals surface area contributed by atoms with Gasteiger partial charge in [-0.05, 0) is 23.6 Å². The summed E-state index contributed by atoms with van der Waals surface area (Å²) < 4.78 is 26.6. The fraction of sp³-hybridized carbons (Fsp3) is 0.167. The largest absolute Gasteiger partial charge is 0.377 e. The van der Waals surface area contributed by atoms with E-state index in [0.29, 0.717) is 5.69 Å². The lowest BCUT2D eigenvalue weighted by atomic mass is 10.2. The van der Waals surface area contributed by atoms with E-state index in [1.54, 1.807) is 36.5 Å². The molecule has 0 aliphatic rings. The lowest BCUT2D eigenvalue weighted by molar-refractivity contribution is -0.383. The van der Waals surface area contributed by atoms with Gasteiger partial charge in [0.05, 0.1) is 4.92 Å². The van der Waals surface area contributed by atoms with Crippen LogP contribution in [0.3, 0.4) is 0 Å². The molecule has 0 saturated heterocycles. The number of nitrogens with zero attached hydrogens (tertiary/aromatic N) is 2. The molecule has 0 aliphatic carbocycles. The molecule has 1 heterocycles. The Labute approximate surface area is 126 Å². The Morgan fingerprint density at radius 1 is 1.29 bits per heavy atom. The van der Waals surface area contributed by atoms with Crippen LogP contribution >= 0.6 is 11.3 Å². The van der Waals surface area contributed by atoms with E-state index in [-0.39, 0.29) is 15.6 Å². The second-order valence-electron chi connectivity index (χ2n) is 4.39. The molecular formula is C12H13N3O4S2. The molecule has 0 unspecified atom stereocenters. The zero-order valence-corrected chi connectivity index (χ0v) is 12.9. The summed E-state index contributed by atoms with van der Waals surface area (Å²) in [7, 11) is -0.319. The molecule has 21 heavy (non-hydrogen) atoms. The van der Waals surface area contributed by atoms with Gasteiger partial charge in [0.2, 0.25) is 0 Å². The normalized spacial score (nSPS) is 11.1. The highest BCUT2D eigenvalue weighted by atomic mass is 32.2. The van der Waals surface area contributed by atoms with E-state index in [1.165, 1.54) is 18.2 Å². The van der Waals surface area contributed by atoms with E-state index in [1.807, 2.05) is 0 Å². The number of sulfonamides is 1. The smallest absolute Gasteiger partial charge is 0.295 e. The summed E-state index contributed by atoms with van der Waals surface area (Å²) in [5, 5.41) is 12.7. The maximum atomic E-state index is 12.1. The predicted octanol–water partition coefficient (Wildman–Crippen LogP) is 2.52. The van der Waals surface area contributed by atoms with Gasteiger partial charge in [0, 0.05) is 25.8 Å². The van der Waals surface area contributed by atoms with Gasteiger partial charge in [0.1, 0.15) is 9.90 Å². The quantitative estimate of drug-likeness (QED) is 0.673. The molecule has 9 heteroatoms.